The Kier molecular flexibility index (Phi) is 8.30. The molecule has 3 rings (SSSR count). The molecule has 3 aromatic carbocycles. The summed E-state index contributed by atoms with van der Waals surface area (Å²) in [5.74, 6) is -0.850. The van der Waals surface area contributed by atoms with Gasteiger partial charge in [0.15, 0.2) is 5.78 Å². The molecule has 7 heteroatoms. The number of ether oxygens (including phenoxy) is 1. The van der Waals surface area contributed by atoms with Gasteiger partial charge in [0.25, 0.3) is 0 Å². The fourth-order valence-electron chi connectivity index (χ4n) is 3.69. The van der Waals surface area contributed by atoms with E-state index in [4.69, 9.17) is 13.8 Å². The van der Waals surface area contributed by atoms with E-state index in [0.717, 1.165) is 27.6 Å². The van der Waals surface area contributed by atoms with Gasteiger partial charge in [0.2, 0.25) is 5.91 Å². The monoisotopic (exact) mass is 469 g/mol. The average Bonchev–Trinajstić information content (AvgIpc) is 2.82. The quantitative estimate of drug-likeness (QED) is 0.351. The minimum atomic E-state index is -3.65. The molecule has 0 saturated heterocycles. The number of fused-ring (bicyclic) bond motifs is 1. The van der Waals surface area contributed by atoms with E-state index in [1.165, 1.54) is 0 Å². The Morgan fingerprint density at radius 3 is 2.09 bits per heavy atom. The van der Waals surface area contributed by atoms with Crippen molar-refractivity contribution in [3.63, 3.8) is 0 Å². The molecule has 0 saturated carbocycles. The van der Waals surface area contributed by atoms with Crippen molar-refractivity contribution in [3.05, 3.63) is 77.4 Å². The lowest BCUT2D eigenvalue weighted by molar-refractivity contribution is -0.122. The van der Waals surface area contributed by atoms with Gasteiger partial charge in [0.1, 0.15) is 5.75 Å². The lowest BCUT2D eigenvalue weighted by atomic mass is 9.97. The second-order valence-corrected chi connectivity index (χ2v) is 10.0. The van der Waals surface area contributed by atoms with Crippen LogP contribution in [-0.4, -0.2) is 26.2 Å². The van der Waals surface area contributed by atoms with Gasteiger partial charge in [0.05, 0.1) is 26.2 Å². The van der Waals surface area contributed by atoms with E-state index in [-0.39, 0.29) is 19.1 Å². The smallest absolute Gasteiger partial charge is 0.357 e. The van der Waals surface area contributed by atoms with Crippen LogP contribution in [0.3, 0.4) is 0 Å². The minimum absolute atomic E-state index is 0.208. The summed E-state index contributed by atoms with van der Waals surface area (Å²) >= 11 is 0. The number of carbonyl (C=O) groups excluding carboxylic acids is 1. The Bertz CT molecular complexity index is 1140. The zero-order valence-corrected chi connectivity index (χ0v) is 20.7. The SMILES string of the molecule is CCOP(=O)(OCC)[C@@H](NC(=O)[C@@H](C)c1ccc2cc(OC)ccc2c1)c1ccc(C)cc1. The summed E-state index contributed by atoms with van der Waals surface area (Å²) in [6, 6.07) is 19.2. The van der Waals surface area contributed by atoms with Crippen LogP contribution in [0.4, 0.5) is 0 Å². The third kappa shape index (κ3) is 5.83. The molecule has 33 heavy (non-hydrogen) atoms. The van der Waals surface area contributed by atoms with E-state index < -0.39 is 19.3 Å². The fourth-order valence-corrected chi connectivity index (χ4v) is 5.60. The summed E-state index contributed by atoms with van der Waals surface area (Å²) in [6.45, 7) is 7.73. The zero-order chi connectivity index (χ0) is 24.0. The minimum Gasteiger partial charge on any atom is -0.497 e. The van der Waals surface area contributed by atoms with E-state index in [9.17, 15) is 9.36 Å². The first kappa shape index (κ1) is 25.0. The van der Waals surface area contributed by atoms with Crippen molar-refractivity contribution in [3.8, 4) is 5.75 Å². The van der Waals surface area contributed by atoms with Crippen LogP contribution < -0.4 is 10.1 Å². The van der Waals surface area contributed by atoms with Gasteiger partial charge in [-0.1, -0.05) is 54.1 Å². The summed E-state index contributed by atoms with van der Waals surface area (Å²) in [5, 5.41) is 5.00. The summed E-state index contributed by atoms with van der Waals surface area (Å²) in [4.78, 5) is 13.3. The molecule has 0 heterocycles. The normalized spacial score (nSPS) is 13.5. The highest BCUT2D eigenvalue weighted by Gasteiger charge is 2.39. The molecule has 176 valence electrons. The Morgan fingerprint density at radius 2 is 1.48 bits per heavy atom. The maximum absolute atomic E-state index is 13.7. The summed E-state index contributed by atoms with van der Waals surface area (Å²) < 4.78 is 30.1. The van der Waals surface area contributed by atoms with Gasteiger partial charge < -0.3 is 19.1 Å². The van der Waals surface area contributed by atoms with Gasteiger partial charge in [0, 0.05) is 0 Å². The summed E-state index contributed by atoms with van der Waals surface area (Å²) in [7, 11) is -2.01. The maximum atomic E-state index is 13.7. The van der Waals surface area contributed by atoms with Crippen LogP contribution in [0.15, 0.2) is 60.7 Å². The Labute approximate surface area is 195 Å². The van der Waals surface area contributed by atoms with Crippen molar-refractivity contribution in [1.82, 2.24) is 5.32 Å². The number of carbonyl (C=O) groups is 1. The molecule has 0 bridgehead atoms. The number of rotatable bonds is 10. The van der Waals surface area contributed by atoms with Gasteiger partial charge >= 0.3 is 7.60 Å². The van der Waals surface area contributed by atoms with Gasteiger partial charge in [-0.3, -0.25) is 9.36 Å². The summed E-state index contributed by atoms with van der Waals surface area (Å²) in [6.07, 6.45) is 0. The lowest BCUT2D eigenvalue weighted by Crippen LogP contribution is -2.33. The van der Waals surface area contributed by atoms with Gasteiger partial charge in [-0.15, -0.1) is 0 Å². The second kappa shape index (κ2) is 11.0. The van der Waals surface area contributed by atoms with Crippen molar-refractivity contribution < 1.29 is 23.1 Å². The molecule has 2 atom stereocenters. The molecule has 1 amide bonds. The topological polar surface area (TPSA) is 73.9 Å². The standard InChI is InChI=1S/C26H32NO5P/c1-6-31-33(29,32-7-2)26(20-10-8-18(3)9-11-20)27-25(28)19(4)21-12-13-23-17-24(30-5)15-14-22(23)16-21/h8-17,19,26H,6-7H2,1-5H3,(H,27,28)/t19-,26+/m0/s1. The third-order valence-corrected chi connectivity index (χ3v) is 7.87. The highest BCUT2D eigenvalue weighted by Crippen LogP contribution is 2.59. The molecule has 0 aliphatic rings. The molecule has 0 spiro atoms. The number of hydrogen-bond donors (Lipinski definition) is 1. The van der Waals surface area contributed by atoms with E-state index in [1.807, 2.05) is 74.5 Å². The highest BCUT2D eigenvalue weighted by molar-refractivity contribution is 7.54. The molecule has 0 aliphatic heterocycles. The largest absolute Gasteiger partial charge is 0.497 e. The Hall–Kier alpha value is -2.66. The molecule has 0 fully saturated rings. The van der Waals surface area contributed by atoms with Crippen molar-refractivity contribution in [2.75, 3.05) is 20.3 Å². The van der Waals surface area contributed by atoms with Crippen LogP contribution in [0.1, 0.15) is 49.2 Å². The Morgan fingerprint density at radius 1 is 0.909 bits per heavy atom. The van der Waals surface area contributed by atoms with Gasteiger partial charge in [-0.2, -0.15) is 0 Å². The van der Waals surface area contributed by atoms with Crippen LogP contribution in [0.25, 0.3) is 10.8 Å². The van der Waals surface area contributed by atoms with Gasteiger partial charge in [-0.25, -0.2) is 0 Å². The number of nitrogens with one attached hydrogen (secondary N) is 1. The Balaban J connectivity index is 1.91. The number of amides is 1. The van der Waals surface area contributed by atoms with Crippen LogP contribution >= 0.6 is 7.60 Å². The predicted molar refractivity (Wildman–Crippen MR) is 132 cm³/mol. The van der Waals surface area contributed by atoms with Crippen molar-refractivity contribution >= 4 is 24.3 Å². The number of benzene rings is 3. The molecule has 3 aromatic rings. The number of aryl methyl sites for hydroxylation is 1. The molecule has 1 N–H and O–H groups in total. The maximum Gasteiger partial charge on any atom is 0.357 e. The first-order chi connectivity index (χ1) is 15.8. The molecule has 0 aliphatic carbocycles. The number of methoxy groups -OCH3 is 1. The van der Waals surface area contributed by atoms with Gasteiger partial charge in [-0.05, 0) is 61.7 Å². The molecule has 6 nitrogen and oxygen atoms in total. The van der Waals surface area contributed by atoms with Crippen molar-refractivity contribution in [2.24, 2.45) is 0 Å². The molecule has 0 unspecified atom stereocenters. The average molecular weight is 470 g/mol. The van der Waals surface area contributed by atoms with Crippen LogP contribution in [0, 0.1) is 6.92 Å². The van der Waals surface area contributed by atoms with Crippen LogP contribution in [0.5, 0.6) is 5.75 Å². The fraction of sp³-hybridized carbons (Fsp3) is 0.346. The van der Waals surface area contributed by atoms with Crippen molar-refractivity contribution in [2.45, 2.75) is 39.4 Å². The summed E-state index contributed by atoms with van der Waals surface area (Å²) in [5.41, 5.74) is 2.60. The van der Waals surface area contributed by atoms with Crippen LogP contribution in [-0.2, 0) is 18.4 Å². The molecule has 0 aromatic heterocycles. The highest BCUT2D eigenvalue weighted by atomic mass is 31.2. The van der Waals surface area contributed by atoms with E-state index in [1.54, 1.807) is 21.0 Å². The molecular weight excluding hydrogens is 437 g/mol. The zero-order valence-electron chi connectivity index (χ0n) is 19.8. The van der Waals surface area contributed by atoms with Crippen LogP contribution in [0.2, 0.25) is 0 Å². The van der Waals surface area contributed by atoms with E-state index >= 15 is 0 Å². The first-order valence-electron chi connectivity index (χ1n) is 11.1. The molecule has 0 radical (unpaired) electrons. The molecular formula is C26H32NO5P. The number of hydrogen-bond acceptors (Lipinski definition) is 5. The van der Waals surface area contributed by atoms with Crippen molar-refractivity contribution in [1.29, 1.82) is 0 Å². The lowest BCUT2D eigenvalue weighted by Gasteiger charge is -2.28. The second-order valence-electron chi connectivity index (χ2n) is 7.89. The van der Waals surface area contributed by atoms with E-state index in [2.05, 4.69) is 5.32 Å². The first-order valence-corrected chi connectivity index (χ1v) is 12.8. The third-order valence-electron chi connectivity index (χ3n) is 5.57. The van der Waals surface area contributed by atoms with E-state index in [0.29, 0.717) is 5.56 Å². The predicted octanol–water partition coefficient (Wildman–Crippen LogP) is 6.34.